The third kappa shape index (κ3) is 6.05. The van der Waals surface area contributed by atoms with Crippen molar-refractivity contribution in [2.24, 2.45) is 0 Å². The average molecular weight is 314 g/mol. The topological polar surface area (TPSA) is 38.3 Å². The van der Waals surface area contributed by atoms with E-state index in [4.69, 9.17) is 4.74 Å². The van der Waals surface area contributed by atoms with E-state index in [0.29, 0.717) is 5.33 Å². The number of ether oxygens (including phenoxy) is 1. The normalized spacial score (nSPS) is 10.1. The average Bonchev–Trinajstić information content (AvgIpc) is 2.40. The number of carbonyl (C=O) groups excluding carboxylic acids is 1. The van der Waals surface area contributed by atoms with Crippen molar-refractivity contribution in [1.82, 2.24) is 0 Å². The number of unbranched alkanes of at least 4 members (excludes halogenated alkanes) is 3. The van der Waals surface area contributed by atoms with Crippen LogP contribution in [0.15, 0.2) is 24.3 Å². The molecule has 1 aromatic carbocycles. The number of anilines is 1. The number of hydrogen-bond acceptors (Lipinski definition) is 2. The van der Waals surface area contributed by atoms with Gasteiger partial charge in [0.1, 0.15) is 5.75 Å². The van der Waals surface area contributed by atoms with Crippen molar-refractivity contribution in [3.05, 3.63) is 24.3 Å². The number of rotatable bonds is 8. The van der Waals surface area contributed by atoms with Gasteiger partial charge in [0.15, 0.2) is 0 Å². The molecule has 0 spiro atoms. The smallest absolute Gasteiger partial charge is 0.235 e. The van der Waals surface area contributed by atoms with Gasteiger partial charge in [-0.1, -0.05) is 42.1 Å². The molecule has 1 amide bonds. The highest BCUT2D eigenvalue weighted by molar-refractivity contribution is 9.09. The largest absolute Gasteiger partial charge is 0.494 e. The van der Waals surface area contributed by atoms with Crippen molar-refractivity contribution in [3.8, 4) is 5.75 Å². The minimum Gasteiger partial charge on any atom is -0.494 e. The Kier molecular flexibility index (Phi) is 7.49. The van der Waals surface area contributed by atoms with Crippen LogP contribution in [0.3, 0.4) is 0 Å². The molecule has 0 saturated heterocycles. The first kappa shape index (κ1) is 15.0. The summed E-state index contributed by atoms with van der Waals surface area (Å²) in [6.45, 7) is 2.95. The molecule has 0 saturated carbocycles. The zero-order valence-corrected chi connectivity index (χ0v) is 12.3. The summed E-state index contributed by atoms with van der Waals surface area (Å²) in [5, 5.41) is 3.07. The standard InChI is InChI=1S/C14H20BrNO2/c1-2-3-4-5-10-18-13-8-6-12(7-9-13)16-14(17)11-15/h6-9H,2-5,10-11H2,1H3,(H,16,17). The van der Waals surface area contributed by atoms with Crippen LogP contribution in [0.2, 0.25) is 0 Å². The van der Waals surface area contributed by atoms with Crippen molar-refractivity contribution in [3.63, 3.8) is 0 Å². The molecule has 0 aliphatic carbocycles. The van der Waals surface area contributed by atoms with Gasteiger partial charge in [0.25, 0.3) is 0 Å². The first-order valence-corrected chi connectivity index (χ1v) is 7.47. The Labute approximate surface area is 117 Å². The molecule has 0 aliphatic heterocycles. The van der Waals surface area contributed by atoms with Crippen LogP contribution in [-0.4, -0.2) is 17.8 Å². The van der Waals surface area contributed by atoms with Crippen LogP contribution in [0.4, 0.5) is 5.69 Å². The molecule has 0 bridgehead atoms. The lowest BCUT2D eigenvalue weighted by atomic mass is 10.2. The predicted molar refractivity (Wildman–Crippen MR) is 78.5 cm³/mol. The van der Waals surface area contributed by atoms with Gasteiger partial charge in [0.2, 0.25) is 5.91 Å². The van der Waals surface area contributed by atoms with Crippen LogP contribution in [-0.2, 0) is 4.79 Å². The monoisotopic (exact) mass is 313 g/mol. The molecule has 0 fully saturated rings. The van der Waals surface area contributed by atoms with E-state index in [2.05, 4.69) is 28.2 Å². The van der Waals surface area contributed by atoms with E-state index in [1.807, 2.05) is 24.3 Å². The summed E-state index contributed by atoms with van der Waals surface area (Å²) in [5.41, 5.74) is 0.790. The molecule has 4 heteroatoms. The molecule has 18 heavy (non-hydrogen) atoms. The van der Waals surface area contributed by atoms with Crippen LogP contribution in [0.1, 0.15) is 32.6 Å². The summed E-state index contributed by atoms with van der Waals surface area (Å²) >= 11 is 3.10. The van der Waals surface area contributed by atoms with Crippen LogP contribution in [0.25, 0.3) is 0 Å². The summed E-state index contributed by atoms with van der Waals surface area (Å²) in [7, 11) is 0. The fourth-order valence-corrected chi connectivity index (χ4v) is 1.69. The lowest BCUT2D eigenvalue weighted by Crippen LogP contribution is -2.12. The molecular weight excluding hydrogens is 294 g/mol. The molecule has 100 valence electrons. The van der Waals surface area contributed by atoms with Gasteiger partial charge < -0.3 is 10.1 Å². The number of alkyl halides is 1. The summed E-state index contributed by atoms with van der Waals surface area (Å²) in [6, 6.07) is 7.46. The van der Waals surface area contributed by atoms with Crippen LogP contribution in [0.5, 0.6) is 5.75 Å². The summed E-state index contributed by atoms with van der Waals surface area (Å²) in [4.78, 5) is 11.1. The Balaban J connectivity index is 2.29. The molecule has 0 aliphatic rings. The Morgan fingerprint density at radius 3 is 2.56 bits per heavy atom. The van der Waals surface area contributed by atoms with Gasteiger partial charge in [-0.15, -0.1) is 0 Å². The van der Waals surface area contributed by atoms with Crippen molar-refractivity contribution in [1.29, 1.82) is 0 Å². The molecular formula is C14H20BrNO2. The number of amides is 1. The van der Waals surface area contributed by atoms with E-state index in [9.17, 15) is 4.79 Å². The highest BCUT2D eigenvalue weighted by Crippen LogP contribution is 2.16. The van der Waals surface area contributed by atoms with Crippen LogP contribution >= 0.6 is 15.9 Å². The van der Waals surface area contributed by atoms with Crippen molar-refractivity contribution >= 4 is 27.5 Å². The molecule has 0 heterocycles. The molecule has 0 unspecified atom stereocenters. The lowest BCUT2D eigenvalue weighted by Gasteiger charge is -2.07. The number of nitrogens with one attached hydrogen (secondary N) is 1. The maximum absolute atomic E-state index is 11.1. The van der Waals surface area contributed by atoms with Crippen molar-refractivity contribution < 1.29 is 9.53 Å². The Hall–Kier alpha value is -1.03. The van der Waals surface area contributed by atoms with E-state index < -0.39 is 0 Å². The summed E-state index contributed by atoms with van der Waals surface area (Å²) < 4.78 is 5.62. The van der Waals surface area contributed by atoms with Crippen LogP contribution in [0, 0.1) is 0 Å². The van der Waals surface area contributed by atoms with Crippen molar-refractivity contribution in [2.75, 3.05) is 17.3 Å². The fraction of sp³-hybridized carbons (Fsp3) is 0.500. The number of carbonyl (C=O) groups is 1. The minimum absolute atomic E-state index is 0.0526. The second kappa shape index (κ2) is 8.97. The van der Waals surface area contributed by atoms with Gasteiger partial charge in [0, 0.05) is 5.69 Å². The molecule has 0 atom stereocenters. The maximum Gasteiger partial charge on any atom is 0.235 e. The molecule has 0 radical (unpaired) electrons. The van der Waals surface area contributed by atoms with Crippen LogP contribution < -0.4 is 10.1 Å². The molecule has 1 N–H and O–H groups in total. The van der Waals surface area contributed by atoms with Gasteiger partial charge >= 0.3 is 0 Å². The van der Waals surface area contributed by atoms with E-state index in [-0.39, 0.29) is 5.91 Å². The SMILES string of the molecule is CCCCCCOc1ccc(NC(=O)CBr)cc1. The summed E-state index contributed by atoms with van der Waals surface area (Å²) in [6.07, 6.45) is 4.81. The maximum atomic E-state index is 11.1. The number of halogens is 1. The van der Waals surface area contributed by atoms with E-state index in [1.165, 1.54) is 19.3 Å². The Morgan fingerprint density at radius 2 is 1.94 bits per heavy atom. The van der Waals surface area contributed by atoms with E-state index >= 15 is 0 Å². The highest BCUT2D eigenvalue weighted by Gasteiger charge is 2.00. The number of hydrogen-bond donors (Lipinski definition) is 1. The molecule has 1 aromatic rings. The quantitative estimate of drug-likeness (QED) is 0.582. The molecule has 0 aromatic heterocycles. The predicted octanol–water partition coefficient (Wildman–Crippen LogP) is 3.98. The lowest BCUT2D eigenvalue weighted by molar-refractivity contribution is -0.113. The van der Waals surface area contributed by atoms with Gasteiger partial charge in [-0.2, -0.15) is 0 Å². The van der Waals surface area contributed by atoms with Gasteiger partial charge in [-0.05, 0) is 30.7 Å². The van der Waals surface area contributed by atoms with E-state index in [1.54, 1.807) is 0 Å². The zero-order chi connectivity index (χ0) is 13.2. The third-order valence-corrected chi connectivity index (χ3v) is 3.04. The second-order valence-electron chi connectivity index (χ2n) is 4.12. The first-order chi connectivity index (χ1) is 8.76. The van der Waals surface area contributed by atoms with E-state index in [0.717, 1.165) is 24.5 Å². The molecule has 3 nitrogen and oxygen atoms in total. The molecule has 1 rings (SSSR count). The third-order valence-electron chi connectivity index (χ3n) is 2.53. The van der Waals surface area contributed by atoms with Gasteiger partial charge in [0.05, 0.1) is 11.9 Å². The highest BCUT2D eigenvalue weighted by atomic mass is 79.9. The van der Waals surface area contributed by atoms with Gasteiger partial charge in [-0.25, -0.2) is 0 Å². The Morgan fingerprint density at radius 1 is 1.22 bits per heavy atom. The zero-order valence-electron chi connectivity index (χ0n) is 10.7. The Bertz CT molecular complexity index is 351. The second-order valence-corrected chi connectivity index (χ2v) is 4.68. The van der Waals surface area contributed by atoms with Gasteiger partial charge in [-0.3, -0.25) is 4.79 Å². The fourth-order valence-electron chi connectivity index (χ4n) is 1.55. The summed E-state index contributed by atoms with van der Waals surface area (Å²) in [5.74, 6) is 0.798. The van der Waals surface area contributed by atoms with Crippen molar-refractivity contribution in [2.45, 2.75) is 32.6 Å². The first-order valence-electron chi connectivity index (χ1n) is 6.35. The minimum atomic E-state index is -0.0526. The number of benzene rings is 1.